The maximum Gasteiger partial charge on any atom is 0.0540 e. The first kappa shape index (κ1) is 38.9. The molecule has 12 aromatic carbocycles. The van der Waals surface area contributed by atoms with Gasteiger partial charge in [0, 0.05) is 33.8 Å². The summed E-state index contributed by atoms with van der Waals surface area (Å²) in [7, 11) is 0. The molecule has 0 saturated heterocycles. The first-order valence-corrected chi connectivity index (χ1v) is 22.7. The second-order valence-corrected chi connectivity index (χ2v) is 16.9. The molecule has 0 radical (unpaired) electrons. The second-order valence-electron chi connectivity index (χ2n) is 16.9. The van der Waals surface area contributed by atoms with E-state index in [0.29, 0.717) is 0 Å². The van der Waals surface area contributed by atoms with Crippen LogP contribution in [0.5, 0.6) is 0 Å². The molecule has 0 aromatic heterocycles. The number of hydrogen-bond donors (Lipinski definition) is 0. The lowest BCUT2D eigenvalue weighted by Gasteiger charge is -2.27. The highest BCUT2D eigenvalue weighted by Crippen LogP contribution is 2.44. The summed E-state index contributed by atoms with van der Waals surface area (Å²) in [5.74, 6) is 0. The predicted octanol–water partition coefficient (Wildman–Crippen LogP) is 18.2. The molecule has 0 saturated carbocycles. The lowest BCUT2D eigenvalue weighted by Crippen LogP contribution is -2.10. The van der Waals surface area contributed by atoms with Gasteiger partial charge in [-0.2, -0.15) is 0 Å². The van der Waals surface area contributed by atoms with Crippen LogP contribution in [0, 0.1) is 0 Å². The number of fused-ring (bicyclic) bond motifs is 7. The number of anilines is 6. The van der Waals surface area contributed by atoms with Gasteiger partial charge in [-0.3, -0.25) is 0 Å². The molecule has 0 spiro atoms. The highest BCUT2D eigenvalue weighted by atomic mass is 15.1. The molecular formula is C64H44N2. The largest absolute Gasteiger partial charge is 0.310 e. The Kier molecular flexibility index (Phi) is 9.89. The third-order valence-corrected chi connectivity index (χ3v) is 13.0. The van der Waals surface area contributed by atoms with Crippen LogP contribution in [-0.4, -0.2) is 0 Å². The van der Waals surface area contributed by atoms with E-state index in [1.807, 2.05) is 0 Å². The zero-order valence-electron chi connectivity index (χ0n) is 36.3. The van der Waals surface area contributed by atoms with Crippen LogP contribution in [-0.2, 0) is 0 Å². The minimum atomic E-state index is 1.09. The fourth-order valence-electron chi connectivity index (χ4n) is 9.81. The Bertz CT molecular complexity index is 3570. The predicted molar refractivity (Wildman–Crippen MR) is 282 cm³/mol. The second kappa shape index (κ2) is 16.8. The maximum atomic E-state index is 2.40. The van der Waals surface area contributed by atoms with Crippen molar-refractivity contribution < 1.29 is 0 Å². The topological polar surface area (TPSA) is 6.48 Å². The molecule has 0 amide bonds. The minimum absolute atomic E-state index is 1.09. The van der Waals surface area contributed by atoms with Crippen molar-refractivity contribution in [3.63, 3.8) is 0 Å². The highest BCUT2D eigenvalue weighted by Gasteiger charge is 2.19. The van der Waals surface area contributed by atoms with Gasteiger partial charge in [0.1, 0.15) is 0 Å². The van der Waals surface area contributed by atoms with Crippen LogP contribution in [0.4, 0.5) is 34.1 Å². The number of rotatable bonds is 9. The van der Waals surface area contributed by atoms with E-state index in [1.165, 1.54) is 70.9 Å². The summed E-state index contributed by atoms with van der Waals surface area (Å²) >= 11 is 0. The molecule has 12 aromatic rings. The Morgan fingerprint density at radius 2 is 0.561 bits per heavy atom. The maximum absolute atomic E-state index is 2.40. The van der Waals surface area contributed by atoms with Gasteiger partial charge in [-0.1, -0.05) is 194 Å². The third-order valence-electron chi connectivity index (χ3n) is 13.0. The van der Waals surface area contributed by atoms with Gasteiger partial charge in [-0.25, -0.2) is 0 Å². The lowest BCUT2D eigenvalue weighted by atomic mass is 9.91. The van der Waals surface area contributed by atoms with Crippen molar-refractivity contribution in [1.82, 2.24) is 0 Å². The molecule has 0 heterocycles. The molecule has 0 bridgehead atoms. The van der Waals surface area contributed by atoms with Gasteiger partial charge in [0.25, 0.3) is 0 Å². The van der Waals surface area contributed by atoms with Gasteiger partial charge in [0.2, 0.25) is 0 Å². The van der Waals surface area contributed by atoms with Gasteiger partial charge >= 0.3 is 0 Å². The molecule has 0 atom stereocenters. The zero-order valence-corrected chi connectivity index (χ0v) is 36.3. The third kappa shape index (κ3) is 7.12. The molecule has 66 heavy (non-hydrogen) atoms. The Balaban J connectivity index is 0.967. The zero-order chi connectivity index (χ0) is 43.8. The quantitative estimate of drug-likeness (QED) is 0.134. The van der Waals surface area contributed by atoms with Crippen molar-refractivity contribution in [2.75, 3.05) is 9.80 Å². The first-order chi connectivity index (χ1) is 32.7. The van der Waals surface area contributed by atoms with Gasteiger partial charge in [-0.15, -0.1) is 0 Å². The van der Waals surface area contributed by atoms with Gasteiger partial charge in [0.15, 0.2) is 0 Å². The molecule has 0 fully saturated rings. The monoisotopic (exact) mass is 840 g/mol. The van der Waals surface area contributed by atoms with Crippen LogP contribution < -0.4 is 9.80 Å². The Morgan fingerprint density at radius 3 is 1.20 bits per heavy atom. The van der Waals surface area contributed by atoms with Crippen LogP contribution >= 0.6 is 0 Å². The molecular weight excluding hydrogens is 797 g/mol. The van der Waals surface area contributed by atoms with Crippen molar-refractivity contribution >= 4 is 77.2 Å². The van der Waals surface area contributed by atoms with E-state index in [9.17, 15) is 0 Å². The molecule has 0 aliphatic heterocycles. The van der Waals surface area contributed by atoms with Crippen LogP contribution in [0.2, 0.25) is 0 Å². The van der Waals surface area contributed by atoms with Crippen molar-refractivity contribution in [1.29, 1.82) is 0 Å². The summed E-state index contributed by atoms with van der Waals surface area (Å²) in [5, 5.41) is 9.87. The molecule has 2 heteroatoms. The highest BCUT2D eigenvalue weighted by molar-refractivity contribution is 6.26. The number of hydrogen-bond acceptors (Lipinski definition) is 2. The van der Waals surface area contributed by atoms with Crippen molar-refractivity contribution in [2.24, 2.45) is 0 Å². The summed E-state index contributed by atoms with van der Waals surface area (Å²) in [6.07, 6.45) is 0. The van der Waals surface area contributed by atoms with Crippen molar-refractivity contribution in [2.45, 2.75) is 0 Å². The molecule has 0 unspecified atom stereocenters. The van der Waals surface area contributed by atoms with E-state index in [4.69, 9.17) is 0 Å². The fourth-order valence-corrected chi connectivity index (χ4v) is 9.81. The Hall–Kier alpha value is -8.72. The van der Waals surface area contributed by atoms with E-state index in [0.717, 1.165) is 39.7 Å². The molecule has 0 aliphatic rings. The summed E-state index contributed by atoms with van der Waals surface area (Å²) in [5.41, 5.74) is 13.8. The summed E-state index contributed by atoms with van der Waals surface area (Å²) in [6.45, 7) is 0. The summed E-state index contributed by atoms with van der Waals surface area (Å²) in [6, 6.07) is 96.9. The summed E-state index contributed by atoms with van der Waals surface area (Å²) in [4.78, 5) is 4.76. The molecule has 2 nitrogen and oxygen atoms in total. The SMILES string of the molecule is c1ccc(-c2ccc(N(c3ccc(-c4ccccc4)cc3)c3cccc(-c4ccc5c6ccc(N(c7ccccc7)c7cccc8ccccc78)cc6c6ccccc6c5c4)c3)cc2)cc1. The average Bonchev–Trinajstić information content (AvgIpc) is 3.40. The van der Waals surface area contributed by atoms with Crippen molar-refractivity contribution in [3.05, 3.63) is 267 Å². The van der Waals surface area contributed by atoms with Gasteiger partial charge in [-0.05, 0) is 144 Å². The van der Waals surface area contributed by atoms with Crippen LogP contribution in [0.15, 0.2) is 267 Å². The van der Waals surface area contributed by atoms with Gasteiger partial charge < -0.3 is 9.80 Å². The molecule has 310 valence electrons. The fraction of sp³-hybridized carbons (Fsp3) is 0. The first-order valence-electron chi connectivity index (χ1n) is 22.7. The Morgan fingerprint density at radius 1 is 0.182 bits per heavy atom. The Labute approximate surface area is 385 Å². The van der Waals surface area contributed by atoms with E-state index in [2.05, 4.69) is 277 Å². The van der Waals surface area contributed by atoms with Crippen LogP contribution in [0.25, 0.3) is 76.5 Å². The molecule has 0 aliphatic carbocycles. The lowest BCUT2D eigenvalue weighted by molar-refractivity contribution is 1.28. The van der Waals surface area contributed by atoms with E-state index in [1.54, 1.807) is 0 Å². The summed E-state index contributed by atoms with van der Waals surface area (Å²) < 4.78 is 0. The normalized spacial score (nSPS) is 11.3. The number of benzene rings is 12. The van der Waals surface area contributed by atoms with Crippen molar-refractivity contribution in [3.8, 4) is 33.4 Å². The minimum Gasteiger partial charge on any atom is -0.310 e. The number of para-hydroxylation sites is 1. The standard InChI is InChI=1S/C64H44N2/c1-4-16-45(17-5-1)47-30-35-53(36-31-47)65(54-37-32-48(33-38-54)46-18-6-2-7-19-46)55-25-14-22-50(42-55)51-34-40-60-61-41-39-56(44-63(61)59-28-13-12-27-58(59)62(60)43-51)66(52-23-8-3-9-24-52)64-29-15-21-49-20-10-11-26-57(49)64/h1-44H. The van der Waals surface area contributed by atoms with Crippen LogP contribution in [0.3, 0.4) is 0 Å². The smallest absolute Gasteiger partial charge is 0.0540 e. The molecule has 12 rings (SSSR count). The van der Waals surface area contributed by atoms with E-state index >= 15 is 0 Å². The van der Waals surface area contributed by atoms with E-state index in [-0.39, 0.29) is 0 Å². The number of nitrogens with zero attached hydrogens (tertiary/aromatic N) is 2. The average molecular weight is 841 g/mol. The van der Waals surface area contributed by atoms with Gasteiger partial charge in [0.05, 0.1) is 5.69 Å². The molecule has 0 N–H and O–H groups in total. The van der Waals surface area contributed by atoms with Crippen LogP contribution in [0.1, 0.15) is 0 Å². The van der Waals surface area contributed by atoms with E-state index < -0.39 is 0 Å².